The summed E-state index contributed by atoms with van der Waals surface area (Å²) in [5.41, 5.74) is 2.25. The maximum Gasteiger partial charge on any atom is 0.0703 e. The summed E-state index contributed by atoms with van der Waals surface area (Å²) in [5, 5.41) is 4.64. The normalized spacial score (nSPS) is 10.6. The Kier molecular flexibility index (Phi) is 3.76. The number of hydrogen-bond donors (Lipinski definition) is 1. The van der Waals surface area contributed by atoms with Crippen LogP contribution >= 0.6 is 0 Å². The van der Waals surface area contributed by atoms with Crippen molar-refractivity contribution in [3.63, 3.8) is 0 Å². The van der Waals surface area contributed by atoms with E-state index in [1.807, 2.05) is 12.3 Å². The third kappa shape index (κ3) is 2.72. The molecule has 0 atom stereocenters. The molecule has 0 saturated carbocycles. The molecule has 0 aliphatic rings. The van der Waals surface area contributed by atoms with Crippen LogP contribution in [0.4, 0.5) is 5.69 Å². The number of anilines is 1. The van der Waals surface area contributed by atoms with Crippen molar-refractivity contribution in [1.82, 2.24) is 4.98 Å². The lowest BCUT2D eigenvalue weighted by Crippen LogP contribution is -2.00. The van der Waals surface area contributed by atoms with Crippen LogP contribution in [0.5, 0.6) is 0 Å². The van der Waals surface area contributed by atoms with Crippen molar-refractivity contribution >= 4 is 16.6 Å². The molecule has 1 aromatic carbocycles. The van der Waals surface area contributed by atoms with Crippen molar-refractivity contribution in [1.29, 1.82) is 0 Å². The van der Waals surface area contributed by atoms with Gasteiger partial charge in [-0.05, 0) is 30.7 Å². The average molecular weight is 214 g/mol. The van der Waals surface area contributed by atoms with Gasteiger partial charge in [0.25, 0.3) is 0 Å². The molecule has 0 radical (unpaired) electrons. The molecule has 0 bridgehead atoms. The highest BCUT2D eigenvalue weighted by atomic mass is 14.9. The van der Waals surface area contributed by atoms with Crippen molar-refractivity contribution in [2.75, 3.05) is 11.9 Å². The Hall–Kier alpha value is -1.57. The number of fused-ring (bicyclic) bond motifs is 1. The van der Waals surface area contributed by atoms with Gasteiger partial charge in [0.15, 0.2) is 0 Å². The van der Waals surface area contributed by atoms with Crippen molar-refractivity contribution < 1.29 is 0 Å². The van der Waals surface area contributed by atoms with Crippen LogP contribution in [0, 0.1) is 0 Å². The van der Waals surface area contributed by atoms with E-state index in [2.05, 4.69) is 41.5 Å². The van der Waals surface area contributed by atoms with Gasteiger partial charge in [0.1, 0.15) is 0 Å². The Labute approximate surface area is 96.7 Å². The molecule has 1 aromatic heterocycles. The molecule has 16 heavy (non-hydrogen) atoms. The molecule has 0 aliphatic carbocycles. The zero-order valence-corrected chi connectivity index (χ0v) is 9.74. The van der Waals surface area contributed by atoms with Crippen LogP contribution in [0.3, 0.4) is 0 Å². The van der Waals surface area contributed by atoms with Gasteiger partial charge < -0.3 is 5.32 Å². The Morgan fingerprint density at radius 3 is 3.00 bits per heavy atom. The van der Waals surface area contributed by atoms with Crippen LogP contribution in [0.15, 0.2) is 36.5 Å². The van der Waals surface area contributed by atoms with Crippen LogP contribution in [0.2, 0.25) is 0 Å². The van der Waals surface area contributed by atoms with Gasteiger partial charge in [0, 0.05) is 23.8 Å². The number of benzene rings is 1. The topological polar surface area (TPSA) is 24.9 Å². The molecular formula is C14H18N2. The van der Waals surface area contributed by atoms with E-state index in [0.717, 1.165) is 12.1 Å². The quantitative estimate of drug-likeness (QED) is 0.765. The zero-order valence-electron chi connectivity index (χ0n) is 9.74. The van der Waals surface area contributed by atoms with Gasteiger partial charge in [-0.1, -0.05) is 25.8 Å². The van der Waals surface area contributed by atoms with E-state index in [1.54, 1.807) is 0 Å². The zero-order chi connectivity index (χ0) is 11.2. The largest absolute Gasteiger partial charge is 0.385 e. The summed E-state index contributed by atoms with van der Waals surface area (Å²) in [6.07, 6.45) is 5.63. The highest BCUT2D eigenvalue weighted by molar-refractivity contribution is 5.82. The summed E-state index contributed by atoms with van der Waals surface area (Å²) in [6, 6.07) is 10.4. The monoisotopic (exact) mass is 214 g/mol. The van der Waals surface area contributed by atoms with Crippen LogP contribution in [0.25, 0.3) is 10.9 Å². The summed E-state index contributed by atoms with van der Waals surface area (Å²) >= 11 is 0. The second-order valence-electron chi connectivity index (χ2n) is 4.04. The van der Waals surface area contributed by atoms with Crippen LogP contribution in [-0.4, -0.2) is 11.5 Å². The first kappa shape index (κ1) is 10.9. The van der Waals surface area contributed by atoms with E-state index in [9.17, 15) is 0 Å². The predicted octanol–water partition coefficient (Wildman–Crippen LogP) is 3.84. The second kappa shape index (κ2) is 5.50. The number of nitrogens with one attached hydrogen (secondary N) is 1. The van der Waals surface area contributed by atoms with Gasteiger partial charge in [0.2, 0.25) is 0 Å². The lowest BCUT2D eigenvalue weighted by atomic mass is 10.2. The molecule has 2 heteroatoms. The molecule has 2 rings (SSSR count). The Morgan fingerprint density at radius 2 is 2.12 bits per heavy atom. The fourth-order valence-corrected chi connectivity index (χ4v) is 1.79. The van der Waals surface area contributed by atoms with E-state index in [-0.39, 0.29) is 0 Å². The molecule has 1 heterocycles. The van der Waals surface area contributed by atoms with Crippen LogP contribution < -0.4 is 5.32 Å². The second-order valence-corrected chi connectivity index (χ2v) is 4.04. The number of aromatic nitrogens is 1. The van der Waals surface area contributed by atoms with E-state index in [0.29, 0.717) is 0 Å². The molecule has 0 saturated heterocycles. The van der Waals surface area contributed by atoms with Crippen LogP contribution in [-0.2, 0) is 0 Å². The van der Waals surface area contributed by atoms with E-state index in [4.69, 9.17) is 0 Å². The van der Waals surface area contributed by atoms with Crippen molar-refractivity contribution in [3.8, 4) is 0 Å². The molecule has 84 valence electrons. The lowest BCUT2D eigenvalue weighted by Gasteiger charge is -2.06. The standard InChI is InChI=1S/C14H18N2/c1-2-3-4-9-15-13-7-8-14-12(11-13)6-5-10-16-14/h5-8,10-11,15H,2-4,9H2,1H3. The Balaban J connectivity index is 2.02. The molecule has 0 fully saturated rings. The smallest absolute Gasteiger partial charge is 0.0703 e. The summed E-state index contributed by atoms with van der Waals surface area (Å²) in [7, 11) is 0. The number of nitrogens with zero attached hydrogens (tertiary/aromatic N) is 1. The first-order valence-corrected chi connectivity index (χ1v) is 5.99. The van der Waals surface area contributed by atoms with Crippen molar-refractivity contribution in [2.24, 2.45) is 0 Å². The van der Waals surface area contributed by atoms with E-state index in [1.165, 1.54) is 30.3 Å². The minimum atomic E-state index is 1.06. The molecular weight excluding hydrogens is 196 g/mol. The SMILES string of the molecule is CCCCCNc1ccc2ncccc2c1. The number of hydrogen-bond acceptors (Lipinski definition) is 2. The van der Waals surface area contributed by atoms with Crippen molar-refractivity contribution in [2.45, 2.75) is 26.2 Å². The van der Waals surface area contributed by atoms with Gasteiger partial charge in [-0.15, -0.1) is 0 Å². The number of pyridine rings is 1. The predicted molar refractivity (Wildman–Crippen MR) is 69.8 cm³/mol. The Bertz CT molecular complexity index is 451. The first-order chi connectivity index (χ1) is 7.90. The van der Waals surface area contributed by atoms with Gasteiger partial charge in [0.05, 0.1) is 5.52 Å². The fraction of sp³-hybridized carbons (Fsp3) is 0.357. The maximum atomic E-state index is 4.30. The Morgan fingerprint density at radius 1 is 1.19 bits per heavy atom. The van der Waals surface area contributed by atoms with Gasteiger partial charge >= 0.3 is 0 Å². The molecule has 1 N–H and O–H groups in total. The number of unbranched alkanes of at least 4 members (excludes halogenated alkanes) is 2. The molecule has 0 amide bonds. The highest BCUT2D eigenvalue weighted by Gasteiger charge is 1.95. The minimum absolute atomic E-state index is 1.06. The van der Waals surface area contributed by atoms with Gasteiger partial charge in [-0.3, -0.25) is 4.98 Å². The lowest BCUT2D eigenvalue weighted by molar-refractivity contribution is 0.744. The first-order valence-electron chi connectivity index (χ1n) is 5.99. The third-order valence-corrected chi connectivity index (χ3v) is 2.71. The fourth-order valence-electron chi connectivity index (χ4n) is 1.79. The number of rotatable bonds is 5. The van der Waals surface area contributed by atoms with E-state index < -0.39 is 0 Å². The molecule has 0 unspecified atom stereocenters. The molecule has 0 spiro atoms. The highest BCUT2D eigenvalue weighted by Crippen LogP contribution is 2.16. The van der Waals surface area contributed by atoms with Gasteiger partial charge in [-0.2, -0.15) is 0 Å². The summed E-state index contributed by atoms with van der Waals surface area (Å²) in [4.78, 5) is 4.30. The third-order valence-electron chi connectivity index (χ3n) is 2.71. The van der Waals surface area contributed by atoms with Crippen molar-refractivity contribution in [3.05, 3.63) is 36.5 Å². The maximum absolute atomic E-state index is 4.30. The molecule has 2 aromatic rings. The summed E-state index contributed by atoms with van der Waals surface area (Å²) in [6.45, 7) is 3.28. The molecule has 2 nitrogen and oxygen atoms in total. The van der Waals surface area contributed by atoms with Crippen LogP contribution in [0.1, 0.15) is 26.2 Å². The minimum Gasteiger partial charge on any atom is -0.385 e. The summed E-state index contributed by atoms with van der Waals surface area (Å²) < 4.78 is 0. The van der Waals surface area contributed by atoms with E-state index >= 15 is 0 Å². The average Bonchev–Trinajstić information content (AvgIpc) is 2.34. The molecule has 0 aliphatic heterocycles. The summed E-state index contributed by atoms with van der Waals surface area (Å²) in [5.74, 6) is 0. The van der Waals surface area contributed by atoms with Gasteiger partial charge in [-0.25, -0.2) is 0 Å².